The second kappa shape index (κ2) is 5.64. The number of nitrogens with two attached hydrogens (primary N) is 1. The third-order valence-corrected chi connectivity index (χ3v) is 4.45. The summed E-state index contributed by atoms with van der Waals surface area (Å²) in [5.74, 6) is 0. The van der Waals surface area contributed by atoms with Gasteiger partial charge in [-0.1, -0.05) is 45.0 Å². The molecule has 1 aliphatic rings. The standard InChI is InChI=1S/C17H28N2/c1-13(19-11-5-6-16(19)12-18)14-7-9-15(10-8-14)17(2,3)4/h7-10,13,16H,5-6,11-12,18H2,1-4H3. The number of rotatable bonds is 3. The molecule has 1 aromatic rings. The molecule has 2 rings (SSSR count). The molecule has 2 heteroatoms. The fourth-order valence-corrected chi connectivity index (χ4v) is 3.07. The highest BCUT2D eigenvalue weighted by atomic mass is 15.2. The van der Waals surface area contributed by atoms with Gasteiger partial charge >= 0.3 is 0 Å². The molecule has 0 aliphatic carbocycles. The summed E-state index contributed by atoms with van der Waals surface area (Å²) >= 11 is 0. The average Bonchev–Trinajstić information content (AvgIpc) is 2.85. The molecular formula is C17H28N2. The predicted molar refractivity (Wildman–Crippen MR) is 82.3 cm³/mol. The van der Waals surface area contributed by atoms with Crippen LogP contribution in [-0.2, 0) is 5.41 Å². The fourth-order valence-electron chi connectivity index (χ4n) is 3.07. The van der Waals surface area contributed by atoms with Crippen molar-refractivity contribution in [1.29, 1.82) is 0 Å². The monoisotopic (exact) mass is 260 g/mol. The van der Waals surface area contributed by atoms with E-state index in [4.69, 9.17) is 5.73 Å². The summed E-state index contributed by atoms with van der Waals surface area (Å²) in [5, 5.41) is 0. The fraction of sp³-hybridized carbons (Fsp3) is 0.647. The van der Waals surface area contributed by atoms with Gasteiger partial charge in [0, 0.05) is 18.6 Å². The molecule has 1 saturated heterocycles. The number of hydrogen-bond donors (Lipinski definition) is 1. The molecule has 1 heterocycles. The second-order valence-corrected chi connectivity index (χ2v) is 6.82. The van der Waals surface area contributed by atoms with Crippen LogP contribution in [0.5, 0.6) is 0 Å². The zero-order valence-corrected chi connectivity index (χ0v) is 12.8. The zero-order valence-electron chi connectivity index (χ0n) is 12.8. The second-order valence-electron chi connectivity index (χ2n) is 6.82. The Bertz CT molecular complexity index is 402. The van der Waals surface area contributed by atoms with Gasteiger partial charge in [0.2, 0.25) is 0 Å². The highest BCUT2D eigenvalue weighted by Crippen LogP contribution is 2.30. The van der Waals surface area contributed by atoms with Gasteiger partial charge in [-0.3, -0.25) is 4.90 Å². The lowest BCUT2D eigenvalue weighted by molar-refractivity contribution is 0.197. The summed E-state index contributed by atoms with van der Waals surface area (Å²) < 4.78 is 0. The maximum Gasteiger partial charge on any atom is 0.0323 e. The van der Waals surface area contributed by atoms with E-state index in [0.717, 1.165) is 6.54 Å². The SMILES string of the molecule is CC(c1ccc(C(C)(C)C)cc1)N1CCCC1CN. The molecule has 0 bridgehead atoms. The van der Waals surface area contributed by atoms with E-state index in [2.05, 4.69) is 56.9 Å². The summed E-state index contributed by atoms with van der Waals surface area (Å²) in [5.41, 5.74) is 8.92. The Hall–Kier alpha value is -0.860. The molecule has 1 aromatic carbocycles. The lowest BCUT2D eigenvalue weighted by atomic mass is 9.86. The first-order chi connectivity index (χ1) is 8.93. The summed E-state index contributed by atoms with van der Waals surface area (Å²) in [6.45, 7) is 11.1. The summed E-state index contributed by atoms with van der Waals surface area (Å²) in [6, 6.07) is 10.2. The maximum atomic E-state index is 5.88. The van der Waals surface area contributed by atoms with Gasteiger partial charge in [0.15, 0.2) is 0 Å². The van der Waals surface area contributed by atoms with Crippen LogP contribution in [0.25, 0.3) is 0 Å². The van der Waals surface area contributed by atoms with Crippen molar-refractivity contribution in [2.45, 2.75) is 58.0 Å². The summed E-state index contributed by atoms with van der Waals surface area (Å²) in [7, 11) is 0. The first kappa shape index (κ1) is 14.5. The molecular weight excluding hydrogens is 232 g/mol. The van der Waals surface area contributed by atoms with Crippen LogP contribution in [0.4, 0.5) is 0 Å². The molecule has 2 atom stereocenters. The first-order valence-electron chi connectivity index (χ1n) is 7.49. The summed E-state index contributed by atoms with van der Waals surface area (Å²) in [6.07, 6.45) is 2.53. The van der Waals surface area contributed by atoms with Crippen molar-refractivity contribution in [1.82, 2.24) is 4.90 Å². The van der Waals surface area contributed by atoms with Crippen LogP contribution < -0.4 is 5.73 Å². The van der Waals surface area contributed by atoms with E-state index in [9.17, 15) is 0 Å². The number of hydrogen-bond acceptors (Lipinski definition) is 2. The molecule has 0 spiro atoms. The molecule has 0 amide bonds. The Balaban J connectivity index is 2.13. The quantitative estimate of drug-likeness (QED) is 0.901. The van der Waals surface area contributed by atoms with E-state index < -0.39 is 0 Å². The maximum absolute atomic E-state index is 5.88. The number of likely N-dealkylation sites (tertiary alicyclic amines) is 1. The van der Waals surface area contributed by atoms with Crippen molar-refractivity contribution in [3.05, 3.63) is 35.4 Å². The van der Waals surface area contributed by atoms with Crippen LogP contribution in [0.15, 0.2) is 24.3 Å². The van der Waals surface area contributed by atoms with Crippen LogP contribution in [0.1, 0.15) is 57.7 Å². The smallest absolute Gasteiger partial charge is 0.0323 e. The van der Waals surface area contributed by atoms with Crippen molar-refractivity contribution in [2.75, 3.05) is 13.1 Å². The largest absolute Gasteiger partial charge is 0.329 e. The molecule has 1 aliphatic heterocycles. The third kappa shape index (κ3) is 3.18. The van der Waals surface area contributed by atoms with E-state index in [1.54, 1.807) is 0 Å². The van der Waals surface area contributed by atoms with Crippen LogP contribution in [0.2, 0.25) is 0 Å². The van der Waals surface area contributed by atoms with E-state index >= 15 is 0 Å². The first-order valence-corrected chi connectivity index (χ1v) is 7.49. The van der Waals surface area contributed by atoms with E-state index in [-0.39, 0.29) is 5.41 Å². The van der Waals surface area contributed by atoms with Crippen molar-refractivity contribution in [3.63, 3.8) is 0 Å². The highest BCUT2D eigenvalue weighted by molar-refractivity contribution is 5.29. The Morgan fingerprint density at radius 2 is 1.89 bits per heavy atom. The average molecular weight is 260 g/mol. The van der Waals surface area contributed by atoms with Crippen molar-refractivity contribution < 1.29 is 0 Å². The van der Waals surface area contributed by atoms with Crippen molar-refractivity contribution >= 4 is 0 Å². The van der Waals surface area contributed by atoms with Gasteiger partial charge in [-0.15, -0.1) is 0 Å². The molecule has 2 unspecified atom stereocenters. The van der Waals surface area contributed by atoms with Crippen LogP contribution in [0.3, 0.4) is 0 Å². The normalized spacial score (nSPS) is 22.7. The zero-order chi connectivity index (χ0) is 14.0. The van der Waals surface area contributed by atoms with Crippen molar-refractivity contribution in [3.8, 4) is 0 Å². The molecule has 2 N–H and O–H groups in total. The Morgan fingerprint density at radius 1 is 1.26 bits per heavy atom. The summed E-state index contributed by atoms with van der Waals surface area (Å²) in [4.78, 5) is 2.56. The van der Waals surface area contributed by atoms with Crippen LogP contribution in [-0.4, -0.2) is 24.0 Å². The molecule has 1 fully saturated rings. The van der Waals surface area contributed by atoms with Gasteiger partial charge in [-0.2, -0.15) is 0 Å². The molecule has 2 nitrogen and oxygen atoms in total. The lowest BCUT2D eigenvalue weighted by Crippen LogP contribution is -2.37. The van der Waals surface area contributed by atoms with E-state index in [0.29, 0.717) is 12.1 Å². The van der Waals surface area contributed by atoms with Gasteiger partial charge in [0.25, 0.3) is 0 Å². The molecule has 0 saturated carbocycles. The number of benzene rings is 1. The highest BCUT2D eigenvalue weighted by Gasteiger charge is 2.28. The molecule has 0 radical (unpaired) electrons. The van der Waals surface area contributed by atoms with Gasteiger partial charge in [-0.05, 0) is 42.9 Å². The van der Waals surface area contributed by atoms with Crippen LogP contribution in [0, 0.1) is 0 Å². The minimum absolute atomic E-state index is 0.231. The van der Waals surface area contributed by atoms with E-state index in [1.165, 1.54) is 30.5 Å². The van der Waals surface area contributed by atoms with E-state index in [1.807, 2.05) is 0 Å². The minimum atomic E-state index is 0.231. The van der Waals surface area contributed by atoms with Gasteiger partial charge in [-0.25, -0.2) is 0 Å². The Morgan fingerprint density at radius 3 is 2.42 bits per heavy atom. The third-order valence-electron chi connectivity index (χ3n) is 4.45. The minimum Gasteiger partial charge on any atom is -0.329 e. The molecule has 106 valence electrons. The Kier molecular flexibility index (Phi) is 4.32. The molecule has 0 aromatic heterocycles. The van der Waals surface area contributed by atoms with Crippen molar-refractivity contribution in [2.24, 2.45) is 5.73 Å². The van der Waals surface area contributed by atoms with Gasteiger partial charge < -0.3 is 5.73 Å². The van der Waals surface area contributed by atoms with Gasteiger partial charge in [0.05, 0.1) is 0 Å². The Labute approximate surface area is 118 Å². The molecule has 19 heavy (non-hydrogen) atoms. The van der Waals surface area contributed by atoms with Crippen LogP contribution >= 0.6 is 0 Å². The number of nitrogens with zero attached hydrogens (tertiary/aromatic N) is 1. The lowest BCUT2D eigenvalue weighted by Gasteiger charge is -2.30. The predicted octanol–water partition coefficient (Wildman–Crippen LogP) is 3.47. The van der Waals surface area contributed by atoms with Gasteiger partial charge in [0.1, 0.15) is 0 Å². The topological polar surface area (TPSA) is 29.3 Å².